The van der Waals surface area contributed by atoms with Crippen molar-refractivity contribution in [1.82, 2.24) is 10.2 Å². The van der Waals surface area contributed by atoms with Crippen LogP contribution < -0.4 is 5.32 Å². The Kier molecular flexibility index (Phi) is 5.96. The van der Waals surface area contributed by atoms with Gasteiger partial charge in [0.25, 0.3) is 0 Å². The van der Waals surface area contributed by atoms with Gasteiger partial charge < -0.3 is 10.2 Å². The van der Waals surface area contributed by atoms with Gasteiger partial charge in [0.2, 0.25) is 11.8 Å². The molecule has 1 aromatic rings. The summed E-state index contributed by atoms with van der Waals surface area (Å²) in [4.78, 5) is 25.8. The van der Waals surface area contributed by atoms with Crippen LogP contribution in [0, 0.1) is 5.41 Å². The summed E-state index contributed by atoms with van der Waals surface area (Å²) in [7, 11) is 1.74. The second-order valence-electron chi connectivity index (χ2n) is 6.27. The van der Waals surface area contributed by atoms with Crippen LogP contribution in [0.3, 0.4) is 0 Å². The molecule has 0 saturated heterocycles. The number of rotatable bonds is 4. The summed E-state index contributed by atoms with van der Waals surface area (Å²) >= 11 is 3.38. The van der Waals surface area contributed by atoms with Gasteiger partial charge in [-0.1, -0.05) is 48.8 Å². The number of hydrogen-bond donors (Lipinski definition) is 1. The van der Waals surface area contributed by atoms with Crippen LogP contribution in [0.25, 0.3) is 0 Å². The minimum atomic E-state index is -0.530. The van der Waals surface area contributed by atoms with E-state index in [1.54, 1.807) is 18.9 Å². The monoisotopic (exact) mass is 354 g/mol. The lowest BCUT2D eigenvalue weighted by molar-refractivity contribution is -0.137. The second kappa shape index (κ2) is 7.07. The van der Waals surface area contributed by atoms with Crippen molar-refractivity contribution in [2.24, 2.45) is 5.41 Å². The summed E-state index contributed by atoms with van der Waals surface area (Å²) in [6, 6.07) is 7.28. The predicted molar refractivity (Wildman–Crippen MR) is 87.7 cm³/mol. The molecule has 5 heteroatoms. The predicted octanol–water partition coefficient (Wildman–Crippen LogP) is 2.96. The quantitative estimate of drug-likeness (QED) is 0.903. The van der Waals surface area contributed by atoms with Crippen molar-refractivity contribution < 1.29 is 9.59 Å². The molecule has 0 fully saturated rings. The summed E-state index contributed by atoms with van der Waals surface area (Å²) in [5.41, 5.74) is 0.544. The van der Waals surface area contributed by atoms with Gasteiger partial charge in [-0.25, -0.2) is 0 Å². The summed E-state index contributed by atoms with van der Waals surface area (Å²) in [5.74, 6) is -0.226. The molecule has 0 spiro atoms. The lowest BCUT2D eigenvalue weighted by Gasteiger charge is -2.25. The van der Waals surface area contributed by atoms with E-state index in [-0.39, 0.29) is 11.8 Å². The molecule has 2 amide bonds. The minimum absolute atomic E-state index is 0.101. The summed E-state index contributed by atoms with van der Waals surface area (Å²) in [6.45, 7) is 7.70. The van der Waals surface area contributed by atoms with Crippen molar-refractivity contribution in [1.29, 1.82) is 0 Å². The van der Waals surface area contributed by atoms with E-state index >= 15 is 0 Å². The van der Waals surface area contributed by atoms with Crippen LogP contribution in [0.15, 0.2) is 28.7 Å². The highest BCUT2D eigenvalue weighted by molar-refractivity contribution is 9.10. The molecular formula is C16H23BrN2O2. The zero-order chi connectivity index (χ0) is 16.2. The topological polar surface area (TPSA) is 49.4 Å². The summed E-state index contributed by atoms with van der Waals surface area (Å²) in [5, 5.41) is 2.76. The van der Waals surface area contributed by atoms with E-state index in [2.05, 4.69) is 21.2 Å². The standard InChI is InChI=1S/C16H23BrN2O2/c1-11(18-15(21)16(2,3)4)14(20)19(5)10-12-6-8-13(17)9-7-12/h6-9,11H,10H2,1-5H3,(H,18,21). The number of carbonyl (C=O) groups excluding carboxylic acids is 2. The van der Waals surface area contributed by atoms with Crippen molar-refractivity contribution in [3.8, 4) is 0 Å². The molecule has 1 aromatic carbocycles. The number of nitrogens with zero attached hydrogens (tertiary/aromatic N) is 1. The van der Waals surface area contributed by atoms with E-state index in [9.17, 15) is 9.59 Å². The van der Waals surface area contributed by atoms with Crippen LogP contribution in [-0.4, -0.2) is 29.8 Å². The maximum atomic E-state index is 12.3. The molecule has 0 aliphatic heterocycles. The first-order valence-electron chi connectivity index (χ1n) is 6.91. The van der Waals surface area contributed by atoms with Gasteiger partial charge in [-0.15, -0.1) is 0 Å². The number of halogens is 1. The molecule has 0 aliphatic carbocycles. The zero-order valence-electron chi connectivity index (χ0n) is 13.2. The van der Waals surface area contributed by atoms with E-state index in [0.717, 1.165) is 10.0 Å². The molecular weight excluding hydrogens is 332 g/mol. The van der Waals surface area contributed by atoms with E-state index < -0.39 is 11.5 Å². The van der Waals surface area contributed by atoms with Gasteiger partial charge in [0.1, 0.15) is 6.04 Å². The fourth-order valence-electron chi connectivity index (χ4n) is 1.75. The first-order chi connectivity index (χ1) is 9.61. The largest absolute Gasteiger partial charge is 0.344 e. The van der Waals surface area contributed by atoms with Gasteiger partial charge >= 0.3 is 0 Å². The SMILES string of the molecule is CC(NC(=O)C(C)(C)C)C(=O)N(C)Cc1ccc(Br)cc1. The third-order valence-corrected chi connectivity index (χ3v) is 3.64. The first-order valence-corrected chi connectivity index (χ1v) is 7.71. The maximum Gasteiger partial charge on any atom is 0.244 e. The van der Waals surface area contributed by atoms with Crippen molar-refractivity contribution in [3.63, 3.8) is 0 Å². The third-order valence-electron chi connectivity index (χ3n) is 3.11. The fraction of sp³-hybridized carbons (Fsp3) is 0.500. The first kappa shape index (κ1) is 17.7. The lowest BCUT2D eigenvalue weighted by Crippen LogP contribution is -2.48. The van der Waals surface area contributed by atoms with Gasteiger partial charge in [0.15, 0.2) is 0 Å². The Morgan fingerprint density at radius 1 is 1.24 bits per heavy atom. The summed E-state index contributed by atoms with van der Waals surface area (Å²) in [6.07, 6.45) is 0. The van der Waals surface area contributed by atoms with Crippen LogP contribution >= 0.6 is 15.9 Å². The van der Waals surface area contributed by atoms with Crippen molar-refractivity contribution in [3.05, 3.63) is 34.3 Å². The number of hydrogen-bond acceptors (Lipinski definition) is 2. The summed E-state index contributed by atoms with van der Waals surface area (Å²) < 4.78 is 1.01. The molecule has 4 nitrogen and oxygen atoms in total. The fourth-order valence-corrected chi connectivity index (χ4v) is 2.01. The smallest absolute Gasteiger partial charge is 0.244 e. The number of carbonyl (C=O) groups is 2. The van der Waals surface area contributed by atoms with E-state index in [0.29, 0.717) is 6.54 Å². The van der Waals surface area contributed by atoms with Crippen LogP contribution in [0.4, 0.5) is 0 Å². The van der Waals surface area contributed by atoms with Gasteiger partial charge in [0, 0.05) is 23.5 Å². The number of amides is 2. The molecule has 0 aliphatic rings. The maximum absolute atomic E-state index is 12.3. The highest BCUT2D eigenvalue weighted by Crippen LogP contribution is 2.14. The van der Waals surface area contributed by atoms with E-state index in [1.807, 2.05) is 45.0 Å². The normalized spacial score (nSPS) is 12.7. The van der Waals surface area contributed by atoms with Crippen LogP contribution in [0.5, 0.6) is 0 Å². The van der Waals surface area contributed by atoms with Crippen molar-refractivity contribution >= 4 is 27.7 Å². The van der Waals surface area contributed by atoms with Crippen LogP contribution in [-0.2, 0) is 16.1 Å². The molecule has 1 rings (SSSR count). The Balaban J connectivity index is 2.61. The second-order valence-corrected chi connectivity index (χ2v) is 7.18. The minimum Gasteiger partial charge on any atom is -0.344 e. The lowest BCUT2D eigenvalue weighted by atomic mass is 9.95. The van der Waals surface area contributed by atoms with Gasteiger partial charge in [-0.2, -0.15) is 0 Å². The molecule has 1 unspecified atom stereocenters. The van der Waals surface area contributed by atoms with E-state index in [1.165, 1.54) is 0 Å². The molecule has 0 heterocycles. The highest BCUT2D eigenvalue weighted by atomic mass is 79.9. The van der Waals surface area contributed by atoms with Crippen LogP contribution in [0.2, 0.25) is 0 Å². The van der Waals surface area contributed by atoms with Gasteiger partial charge in [-0.3, -0.25) is 9.59 Å². The zero-order valence-corrected chi connectivity index (χ0v) is 14.8. The Labute approximate surface area is 135 Å². The average molecular weight is 355 g/mol. The number of nitrogens with one attached hydrogen (secondary N) is 1. The molecule has 1 N–H and O–H groups in total. The Morgan fingerprint density at radius 2 is 1.76 bits per heavy atom. The Bertz CT molecular complexity index is 506. The number of likely N-dealkylation sites (N-methyl/N-ethyl adjacent to an activating group) is 1. The highest BCUT2D eigenvalue weighted by Gasteiger charge is 2.26. The molecule has 0 bridgehead atoms. The van der Waals surface area contributed by atoms with Crippen molar-refractivity contribution in [2.45, 2.75) is 40.3 Å². The number of benzene rings is 1. The van der Waals surface area contributed by atoms with Gasteiger partial charge in [-0.05, 0) is 24.6 Å². The Morgan fingerprint density at radius 3 is 2.24 bits per heavy atom. The third kappa shape index (κ3) is 5.50. The Hall–Kier alpha value is -1.36. The molecule has 21 heavy (non-hydrogen) atoms. The molecule has 116 valence electrons. The molecule has 0 radical (unpaired) electrons. The molecule has 0 aromatic heterocycles. The van der Waals surface area contributed by atoms with Gasteiger partial charge in [0.05, 0.1) is 0 Å². The molecule has 1 atom stereocenters. The average Bonchev–Trinajstić information content (AvgIpc) is 2.39. The molecule has 0 saturated carbocycles. The van der Waals surface area contributed by atoms with E-state index in [4.69, 9.17) is 0 Å². The van der Waals surface area contributed by atoms with Crippen LogP contribution in [0.1, 0.15) is 33.3 Å². The van der Waals surface area contributed by atoms with Crippen molar-refractivity contribution in [2.75, 3.05) is 7.05 Å².